The van der Waals surface area contributed by atoms with Gasteiger partial charge in [0, 0.05) is 6.07 Å². The first kappa shape index (κ1) is 11.5. The van der Waals surface area contributed by atoms with Gasteiger partial charge in [-0.1, -0.05) is 28.9 Å². The summed E-state index contributed by atoms with van der Waals surface area (Å²) in [5, 5.41) is 6.50. The van der Waals surface area contributed by atoms with Crippen molar-refractivity contribution in [2.75, 3.05) is 11.9 Å². The van der Waals surface area contributed by atoms with Crippen molar-refractivity contribution in [2.45, 2.75) is 0 Å². The van der Waals surface area contributed by atoms with E-state index in [1.54, 1.807) is 24.3 Å². The van der Waals surface area contributed by atoms with Crippen LogP contribution in [0, 0.1) is 0 Å². The van der Waals surface area contributed by atoms with Gasteiger partial charge in [-0.15, -0.1) is 0 Å². The molecule has 6 heteroatoms. The average Bonchev–Trinajstić information content (AvgIpc) is 2.81. The number of benzene rings is 1. The van der Waals surface area contributed by atoms with Crippen LogP contribution in [-0.4, -0.2) is 17.7 Å². The van der Waals surface area contributed by atoms with Crippen LogP contribution in [0.4, 0.5) is 5.82 Å². The van der Waals surface area contributed by atoms with Crippen molar-refractivity contribution in [2.24, 2.45) is 0 Å². The van der Waals surface area contributed by atoms with E-state index in [0.29, 0.717) is 16.6 Å². The molecule has 1 heterocycles. The number of hydrogen-bond donors (Lipinski definition) is 1. The molecule has 0 aliphatic carbocycles. The van der Waals surface area contributed by atoms with Gasteiger partial charge in [-0.2, -0.15) is 0 Å². The van der Waals surface area contributed by atoms with Crippen molar-refractivity contribution in [3.05, 3.63) is 41.6 Å². The zero-order valence-corrected chi connectivity index (χ0v) is 9.48. The van der Waals surface area contributed by atoms with Crippen LogP contribution in [0.15, 0.2) is 41.1 Å². The number of halogens is 1. The molecule has 0 saturated heterocycles. The Morgan fingerprint density at radius 1 is 1.41 bits per heavy atom. The summed E-state index contributed by atoms with van der Waals surface area (Å²) in [6.07, 6.45) is 1.37. The summed E-state index contributed by atoms with van der Waals surface area (Å²) in [5.74, 6) is 0.473. The maximum absolute atomic E-state index is 11.4. The molecule has 88 valence electrons. The molecule has 1 N–H and O–H groups in total. The first-order valence-electron chi connectivity index (χ1n) is 4.83. The van der Waals surface area contributed by atoms with Crippen molar-refractivity contribution in [3.63, 3.8) is 0 Å². The van der Waals surface area contributed by atoms with Gasteiger partial charge in [-0.3, -0.25) is 4.79 Å². The van der Waals surface area contributed by atoms with E-state index in [2.05, 4.69) is 15.0 Å². The van der Waals surface area contributed by atoms with Gasteiger partial charge in [-0.05, 0) is 12.1 Å². The molecule has 5 nitrogen and oxygen atoms in total. The Hall–Kier alpha value is -2.01. The second kappa shape index (κ2) is 5.36. The molecular formula is C11H9ClN2O3. The number of carbonyl (C=O) groups excluding carboxylic acids is 1. The summed E-state index contributed by atoms with van der Waals surface area (Å²) in [7, 11) is 0. The molecule has 1 aromatic carbocycles. The Morgan fingerprint density at radius 3 is 2.94 bits per heavy atom. The smallest absolute Gasteiger partial charge is 0.263 e. The average molecular weight is 253 g/mol. The molecule has 0 radical (unpaired) electrons. The standard InChI is InChI=1S/C11H9ClN2O3/c12-8-3-1-2-4-9(8)16-7-11(15)13-10-5-6-17-14-10/h1-6H,7H2,(H,13,14,15). The van der Waals surface area contributed by atoms with E-state index >= 15 is 0 Å². The highest BCUT2D eigenvalue weighted by Gasteiger charge is 2.06. The van der Waals surface area contributed by atoms with Crippen LogP contribution in [0.2, 0.25) is 5.02 Å². The third-order valence-corrected chi connectivity index (χ3v) is 2.21. The largest absolute Gasteiger partial charge is 0.482 e. The zero-order valence-electron chi connectivity index (χ0n) is 8.72. The Bertz CT molecular complexity index is 499. The van der Waals surface area contributed by atoms with E-state index in [-0.39, 0.29) is 12.5 Å². The lowest BCUT2D eigenvalue weighted by molar-refractivity contribution is -0.118. The van der Waals surface area contributed by atoms with Crippen LogP contribution >= 0.6 is 11.6 Å². The van der Waals surface area contributed by atoms with Crippen LogP contribution in [0.25, 0.3) is 0 Å². The van der Waals surface area contributed by atoms with Crippen molar-refractivity contribution >= 4 is 23.3 Å². The summed E-state index contributed by atoms with van der Waals surface area (Å²) in [4.78, 5) is 11.4. The first-order chi connectivity index (χ1) is 8.25. The number of ether oxygens (including phenoxy) is 1. The van der Waals surface area contributed by atoms with Crippen molar-refractivity contribution in [3.8, 4) is 5.75 Å². The highest BCUT2D eigenvalue weighted by atomic mass is 35.5. The molecule has 0 aliphatic rings. The predicted molar refractivity (Wildman–Crippen MR) is 62.1 cm³/mol. The van der Waals surface area contributed by atoms with Gasteiger partial charge in [0.15, 0.2) is 12.4 Å². The van der Waals surface area contributed by atoms with E-state index < -0.39 is 0 Å². The monoisotopic (exact) mass is 252 g/mol. The fourth-order valence-electron chi connectivity index (χ4n) is 1.16. The van der Waals surface area contributed by atoms with Crippen molar-refractivity contribution in [1.29, 1.82) is 0 Å². The predicted octanol–water partition coefficient (Wildman–Crippen LogP) is 2.35. The topological polar surface area (TPSA) is 64.4 Å². The third kappa shape index (κ3) is 3.22. The minimum Gasteiger partial charge on any atom is -0.482 e. The van der Waals surface area contributed by atoms with Crippen LogP contribution in [0.1, 0.15) is 0 Å². The van der Waals surface area contributed by atoms with Gasteiger partial charge in [0.05, 0.1) is 5.02 Å². The van der Waals surface area contributed by atoms with Crippen LogP contribution in [-0.2, 0) is 4.79 Å². The summed E-state index contributed by atoms with van der Waals surface area (Å²) >= 11 is 5.87. The van der Waals surface area contributed by atoms with Gasteiger partial charge in [0.1, 0.15) is 12.0 Å². The van der Waals surface area contributed by atoms with Crippen molar-refractivity contribution < 1.29 is 14.1 Å². The molecule has 17 heavy (non-hydrogen) atoms. The molecule has 0 fully saturated rings. The molecular weight excluding hydrogens is 244 g/mol. The second-order valence-corrected chi connectivity index (χ2v) is 3.56. The number of amides is 1. The summed E-state index contributed by atoms with van der Waals surface area (Å²) in [5.41, 5.74) is 0. The van der Waals surface area contributed by atoms with E-state index in [1.165, 1.54) is 12.3 Å². The maximum Gasteiger partial charge on any atom is 0.263 e. The lowest BCUT2D eigenvalue weighted by Gasteiger charge is -2.06. The summed E-state index contributed by atoms with van der Waals surface area (Å²) in [6, 6.07) is 8.47. The molecule has 2 rings (SSSR count). The van der Waals surface area contributed by atoms with Gasteiger partial charge in [0.2, 0.25) is 0 Å². The minimum absolute atomic E-state index is 0.142. The van der Waals surface area contributed by atoms with Crippen LogP contribution < -0.4 is 10.1 Å². The third-order valence-electron chi connectivity index (χ3n) is 1.90. The number of rotatable bonds is 4. The number of hydrogen-bond acceptors (Lipinski definition) is 4. The van der Waals surface area contributed by atoms with E-state index in [9.17, 15) is 4.79 Å². The number of carbonyl (C=O) groups is 1. The van der Waals surface area contributed by atoms with E-state index in [4.69, 9.17) is 16.3 Å². The van der Waals surface area contributed by atoms with Crippen molar-refractivity contribution in [1.82, 2.24) is 5.16 Å². The highest BCUT2D eigenvalue weighted by molar-refractivity contribution is 6.32. The number of anilines is 1. The number of aromatic nitrogens is 1. The molecule has 2 aromatic rings. The Balaban J connectivity index is 1.86. The maximum atomic E-state index is 11.4. The highest BCUT2D eigenvalue weighted by Crippen LogP contribution is 2.22. The SMILES string of the molecule is O=C(COc1ccccc1Cl)Nc1ccon1. The molecule has 0 atom stereocenters. The molecule has 0 unspecified atom stereocenters. The van der Waals surface area contributed by atoms with Crippen LogP contribution in [0.3, 0.4) is 0 Å². The number of nitrogens with one attached hydrogen (secondary N) is 1. The fraction of sp³-hybridized carbons (Fsp3) is 0.0909. The number of nitrogens with zero attached hydrogens (tertiary/aromatic N) is 1. The minimum atomic E-state index is -0.334. The van der Waals surface area contributed by atoms with Gasteiger partial charge in [-0.25, -0.2) is 0 Å². The van der Waals surface area contributed by atoms with Gasteiger partial charge < -0.3 is 14.6 Å². The molecule has 0 bridgehead atoms. The zero-order chi connectivity index (χ0) is 12.1. The normalized spacial score (nSPS) is 9.94. The Morgan fingerprint density at radius 2 is 2.24 bits per heavy atom. The fourth-order valence-corrected chi connectivity index (χ4v) is 1.35. The Kier molecular flexibility index (Phi) is 3.62. The molecule has 0 saturated carbocycles. The molecule has 1 amide bonds. The van der Waals surface area contributed by atoms with Gasteiger partial charge in [0.25, 0.3) is 5.91 Å². The second-order valence-electron chi connectivity index (χ2n) is 3.15. The lowest BCUT2D eigenvalue weighted by atomic mass is 10.3. The summed E-state index contributed by atoms with van der Waals surface area (Å²) in [6.45, 7) is -0.142. The molecule has 0 spiro atoms. The Labute approximate surface area is 102 Å². The van der Waals surface area contributed by atoms with E-state index in [0.717, 1.165) is 0 Å². The molecule has 1 aromatic heterocycles. The van der Waals surface area contributed by atoms with Gasteiger partial charge >= 0.3 is 0 Å². The van der Waals surface area contributed by atoms with E-state index in [1.807, 2.05) is 0 Å². The lowest BCUT2D eigenvalue weighted by Crippen LogP contribution is -2.20. The number of para-hydroxylation sites is 1. The molecule has 0 aliphatic heterocycles. The quantitative estimate of drug-likeness (QED) is 0.907. The van der Waals surface area contributed by atoms with Crippen LogP contribution in [0.5, 0.6) is 5.75 Å². The first-order valence-corrected chi connectivity index (χ1v) is 5.21. The summed E-state index contributed by atoms with van der Waals surface area (Å²) < 4.78 is 9.82.